The number of alkyl halides is 3. The van der Waals surface area contributed by atoms with Crippen molar-refractivity contribution in [2.75, 3.05) is 5.32 Å². The van der Waals surface area contributed by atoms with Gasteiger partial charge in [-0.05, 0) is 12.1 Å². The number of aliphatic hydroxyl groups is 1. The second-order valence-corrected chi connectivity index (χ2v) is 5.10. The summed E-state index contributed by atoms with van der Waals surface area (Å²) in [5.74, 6) is -0.672. The first-order valence-corrected chi connectivity index (χ1v) is 6.96. The van der Waals surface area contributed by atoms with Crippen LogP contribution < -0.4 is 5.32 Å². The Bertz CT molecular complexity index is 889. The first kappa shape index (κ1) is 16.0. The molecule has 8 heteroatoms. The van der Waals surface area contributed by atoms with E-state index in [1.54, 1.807) is 24.3 Å². The third-order valence-electron chi connectivity index (χ3n) is 3.50. The predicted octanol–water partition coefficient (Wildman–Crippen LogP) is 3.41. The number of para-hydroxylation sites is 2. The molecule has 0 bridgehead atoms. The molecule has 24 heavy (non-hydrogen) atoms. The number of nitrogens with one attached hydrogen (secondary N) is 2. The van der Waals surface area contributed by atoms with Gasteiger partial charge in [-0.15, -0.1) is 0 Å². The zero-order valence-electron chi connectivity index (χ0n) is 12.1. The molecule has 3 aromatic rings. The van der Waals surface area contributed by atoms with Gasteiger partial charge in [-0.1, -0.05) is 36.4 Å². The summed E-state index contributed by atoms with van der Waals surface area (Å²) in [6.07, 6.45) is -7.52. The van der Waals surface area contributed by atoms with E-state index in [0.717, 1.165) is 6.07 Å². The number of hydrogen-bond donors (Lipinski definition) is 3. The van der Waals surface area contributed by atoms with Crippen LogP contribution in [0, 0.1) is 0 Å². The highest BCUT2D eigenvalue weighted by Crippen LogP contribution is 2.36. The topological polar surface area (TPSA) is 78.0 Å². The summed E-state index contributed by atoms with van der Waals surface area (Å²) in [5.41, 5.74) is 0.130. The van der Waals surface area contributed by atoms with E-state index in [-0.39, 0.29) is 11.4 Å². The molecule has 0 aliphatic rings. The molecule has 0 radical (unpaired) electrons. The quantitative estimate of drug-likeness (QED) is 0.686. The summed E-state index contributed by atoms with van der Waals surface area (Å²) in [4.78, 5) is 12.4. The van der Waals surface area contributed by atoms with Crippen LogP contribution in [0.2, 0.25) is 0 Å². The Morgan fingerprint density at radius 1 is 1.12 bits per heavy atom. The Morgan fingerprint density at radius 3 is 2.54 bits per heavy atom. The van der Waals surface area contributed by atoms with E-state index in [9.17, 15) is 23.1 Å². The molecule has 0 saturated heterocycles. The van der Waals surface area contributed by atoms with Gasteiger partial charge in [0.15, 0.2) is 11.8 Å². The van der Waals surface area contributed by atoms with Gasteiger partial charge >= 0.3 is 6.18 Å². The van der Waals surface area contributed by atoms with Gasteiger partial charge in [0, 0.05) is 16.6 Å². The molecule has 3 N–H and O–H groups in total. The van der Waals surface area contributed by atoms with Gasteiger partial charge in [0.25, 0.3) is 5.91 Å². The Morgan fingerprint density at radius 2 is 1.79 bits per heavy atom. The van der Waals surface area contributed by atoms with Gasteiger partial charge in [-0.3, -0.25) is 9.89 Å². The highest BCUT2D eigenvalue weighted by Gasteiger charge is 2.40. The SMILES string of the molecule is O=C(Nc1ccccc1[C@@H](O)C(F)(F)F)c1n[nH]c2ccccc12. The van der Waals surface area contributed by atoms with Crippen LogP contribution in [0.5, 0.6) is 0 Å². The van der Waals surface area contributed by atoms with Crippen LogP contribution in [0.4, 0.5) is 18.9 Å². The number of anilines is 1. The minimum Gasteiger partial charge on any atom is -0.379 e. The average Bonchev–Trinajstić information content (AvgIpc) is 2.98. The van der Waals surface area contributed by atoms with E-state index >= 15 is 0 Å². The van der Waals surface area contributed by atoms with E-state index in [1.807, 2.05) is 0 Å². The van der Waals surface area contributed by atoms with E-state index in [0.29, 0.717) is 10.9 Å². The Balaban J connectivity index is 1.93. The third-order valence-corrected chi connectivity index (χ3v) is 3.50. The molecule has 1 heterocycles. The van der Waals surface area contributed by atoms with Crippen molar-refractivity contribution in [1.29, 1.82) is 0 Å². The normalized spacial score (nSPS) is 13.0. The van der Waals surface area contributed by atoms with Gasteiger partial charge < -0.3 is 10.4 Å². The zero-order chi connectivity index (χ0) is 17.3. The molecule has 5 nitrogen and oxygen atoms in total. The van der Waals surface area contributed by atoms with E-state index in [4.69, 9.17) is 0 Å². The highest BCUT2D eigenvalue weighted by molar-refractivity contribution is 6.11. The lowest BCUT2D eigenvalue weighted by atomic mass is 10.1. The maximum atomic E-state index is 12.8. The number of carbonyl (C=O) groups is 1. The van der Waals surface area contributed by atoms with Gasteiger partial charge in [0.2, 0.25) is 0 Å². The van der Waals surface area contributed by atoms with Crippen molar-refractivity contribution in [3.05, 3.63) is 59.8 Å². The minimum atomic E-state index is -4.83. The fourth-order valence-corrected chi connectivity index (χ4v) is 2.34. The molecule has 1 atom stereocenters. The number of carbonyl (C=O) groups excluding carboxylic acids is 1. The second kappa shape index (κ2) is 5.97. The van der Waals surface area contributed by atoms with Crippen molar-refractivity contribution in [2.45, 2.75) is 12.3 Å². The van der Waals surface area contributed by atoms with Crippen molar-refractivity contribution >= 4 is 22.5 Å². The van der Waals surface area contributed by atoms with Crippen molar-refractivity contribution in [3.63, 3.8) is 0 Å². The van der Waals surface area contributed by atoms with Crippen LogP contribution in [0.15, 0.2) is 48.5 Å². The Labute approximate surface area is 134 Å². The Hall–Kier alpha value is -2.87. The summed E-state index contributed by atoms with van der Waals surface area (Å²) < 4.78 is 38.3. The number of aromatic nitrogens is 2. The third kappa shape index (κ3) is 2.95. The van der Waals surface area contributed by atoms with Crippen molar-refractivity contribution < 1.29 is 23.1 Å². The number of halogens is 3. The molecule has 1 amide bonds. The molecule has 0 aliphatic heterocycles. The summed E-state index contributed by atoms with van der Waals surface area (Å²) in [6.45, 7) is 0. The number of fused-ring (bicyclic) bond motifs is 1. The first-order valence-electron chi connectivity index (χ1n) is 6.96. The van der Waals surface area contributed by atoms with Crippen LogP contribution in [0.25, 0.3) is 10.9 Å². The largest absolute Gasteiger partial charge is 0.418 e. The standard InChI is InChI=1S/C16H12F3N3O2/c17-16(18,19)14(23)10-6-2-3-7-11(10)20-15(24)13-9-5-1-4-8-12(9)21-22-13/h1-8,14,23H,(H,20,24)(H,21,22)/t14-/m1/s1. The monoisotopic (exact) mass is 335 g/mol. The van der Waals surface area contributed by atoms with E-state index < -0.39 is 23.8 Å². The van der Waals surface area contributed by atoms with Crippen molar-refractivity contribution in [3.8, 4) is 0 Å². The van der Waals surface area contributed by atoms with Crippen LogP contribution in [0.3, 0.4) is 0 Å². The number of hydrogen-bond acceptors (Lipinski definition) is 3. The molecule has 3 rings (SSSR count). The van der Waals surface area contributed by atoms with Crippen LogP contribution in [-0.2, 0) is 0 Å². The van der Waals surface area contributed by atoms with Gasteiger partial charge in [0.1, 0.15) is 0 Å². The maximum absolute atomic E-state index is 12.8. The number of nitrogens with zero attached hydrogens (tertiary/aromatic N) is 1. The second-order valence-electron chi connectivity index (χ2n) is 5.10. The predicted molar refractivity (Wildman–Crippen MR) is 81.5 cm³/mol. The fraction of sp³-hybridized carbons (Fsp3) is 0.125. The van der Waals surface area contributed by atoms with E-state index in [2.05, 4.69) is 15.5 Å². The molecular formula is C16H12F3N3O2. The molecule has 0 fully saturated rings. The lowest BCUT2D eigenvalue weighted by Gasteiger charge is -2.18. The molecule has 0 aliphatic carbocycles. The summed E-state index contributed by atoms with van der Waals surface area (Å²) in [6, 6.07) is 12.1. The molecule has 0 unspecified atom stereocenters. The first-order chi connectivity index (χ1) is 11.4. The zero-order valence-corrected chi connectivity index (χ0v) is 12.1. The molecular weight excluding hydrogens is 323 g/mol. The number of amides is 1. The number of aromatic amines is 1. The molecule has 124 valence electrons. The fourth-order valence-electron chi connectivity index (χ4n) is 2.34. The average molecular weight is 335 g/mol. The number of rotatable bonds is 3. The minimum absolute atomic E-state index is 0.0573. The molecule has 1 aromatic heterocycles. The summed E-state index contributed by atoms with van der Waals surface area (Å²) in [7, 11) is 0. The summed E-state index contributed by atoms with van der Waals surface area (Å²) >= 11 is 0. The number of benzene rings is 2. The summed E-state index contributed by atoms with van der Waals surface area (Å²) in [5, 5.41) is 18.9. The smallest absolute Gasteiger partial charge is 0.379 e. The van der Waals surface area contributed by atoms with Gasteiger partial charge in [0.05, 0.1) is 5.52 Å². The maximum Gasteiger partial charge on any atom is 0.418 e. The van der Waals surface area contributed by atoms with Crippen LogP contribution >= 0.6 is 0 Å². The highest BCUT2D eigenvalue weighted by atomic mass is 19.4. The lowest BCUT2D eigenvalue weighted by molar-refractivity contribution is -0.206. The van der Waals surface area contributed by atoms with Crippen LogP contribution in [-0.4, -0.2) is 27.4 Å². The molecule has 2 aromatic carbocycles. The molecule has 0 spiro atoms. The van der Waals surface area contributed by atoms with Gasteiger partial charge in [-0.2, -0.15) is 18.3 Å². The number of H-pyrrole nitrogens is 1. The lowest BCUT2D eigenvalue weighted by Crippen LogP contribution is -2.22. The number of aliphatic hydroxyl groups excluding tert-OH is 1. The van der Waals surface area contributed by atoms with Crippen LogP contribution in [0.1, 0.15) is 22.2 Å². The van der Waals surface area contributed by atoms with Crippen molar-refractivity contribution in [1.82, 2.24) is 10.2 Å². The van der Waals surface area contributed by atoms with Crippen molar-refractivity contribution in [2.24, 2.45) is 0 Å². The van der Waals surface area contributed by atoms with Gasteiger partial charge in [-0.25, -0.2) is 0 Å². The van der Waals surface area contributed by atoms with E-state index in [1.165, 1.54) is 18.2 Å². The Kier molecular flexibility index (Phi) is 3.98. The molecule has 0 saturated carbocycles.